The third-order valence-electron chi connectivity index (χ3n) is 4.75. The van der Waals surface area contributed by atoms with Gasteiger partial charge in [0, 0.05) is 30.6 Å². The van der Waals surface area contributed by atoms with Gasteiger partial charge < -0.3 is 21.4 Å². The average molecular weight is 382 g/mol. The van der Waals surface area contributed by atoms with E-state index in [0.29, 0.717) is 17.2 Å². The normalized spacial score (nSPS) is 17.0. The first-order valence-electron chi connectivity index (χ1n) is 8.64. The summed E-state index contributed by atoms with van der Waals surface area (Å²) in [4.78, 5) is 18.7. The molecule has 0 aliphatic carbocycles. The second-order valence-electron chi connectivity index (χ2n) is 6.51. The van der Waals surface area contributed by atoms with Crippen LogP contribution in [0.3, 0.4) is 0 Å². The summed E-state index contributed by atoms with van der Waals surface area (Å²) in [5.41, 5.74) is 17.3. The number of imidazole rings is 1. The summed E-state index contributed by atoms with van der Waals surface area (Å²) in [5.74, 6) is 0.710. The highest BCUT2D eigenvalue weighted by atomic mass is 35.5. The predicted molar refractivity (Wildman–Crippen MR) is 107 cm³/mol. The number of nitrogens with two attached hydrogens (primary N) is 2. The summed E-state index contributed by atoms with van der Waals surface area (Å²) in [6, 6.07) is 7.25. The van der Waals surface area contributed by atoms with Gasteiger partial charge in [0.25, 0.3) is 0 Å². The molecule has 4 rings (SSSR count). The lowest BCUT2D eigenvalue weighted by Gasteiger charge is -2.36. The van der Waals surface area contributed by atoms with E-state index in [4.69, 9.17) is 23.1 Å². The first-order valence-corrected chi connectivity index (χ1v) is 9.02. The Labute approximate surface area is 162 Å². The van der Waals surface area contributed by atoms with Gasteiger partial charge in [-0.15, -0.1) is 0 Å². The molecule has 0 amide bonds. The largest absolute Gasteiger partial charge is 0.400 e. The van der Waals surface area contributed by atoms with Crippen LogP contribution in [0, 0.1) is 6.92 Å². The maximum Gasteiger partial charge on any atom is 0.154 e. The molecular formula is C19H20ClN7. The number of hydrogen-bond donors (Lipinski definition) is 3. The number of aromatic nitrogens is 4. The van der Waals surface area contributed by atoms with Crippen molar-refractivity contribution >= 4 is 29.2 Å². The standard InChI is InChI=1S/C19H20ClN7/c1-11-3-2-7-23-15(11)9-13(22)18-17-14(24-10-25-17)6-8-27(18)16-5-4-12(21)19(20)26-16/h2-5,7,9-10,18H,6,8,21-22H2,1H3,(H,24,25)/b13-9-/t18-/m0/s1. The molecule has 138 valence electrons. The second kappa shape index (κ2) is 6.92. The van der Waals surface area contributed by atoms with Gasteiger partial charge in [0.2, 0.25) is 0 Å². The summed E-state index contributed by atoms with van der Waals surface area (Å²) in [5, 5.41) is 0.280. The second-order valence-corrected chi connectivity index (χ2v) is 6.87. The van der Waals surface area contributed by atoms with Crippen LogP contribution in [-0.4, -0.2) is 26.5 Å². The smallest absolute Gasteiger partial charge is 0.154 e. The SMILES string of the molecule is Cc1cccnc1/C=C(\N)[C@H]1c2nc[nH]c2CCN1c1ccc(N)c(Cl)n1. The van der Waals surface area contributed by atoms with Gasteiger partial charge in [-0.1, -0.05) is 17.7 Å². The van der Waals surface area contributed by atoms with Crippen molar-refractivity contribution in [1.29, 1.82) is 0 Å². The maximum absolute atomic E-state index is 6.56. The highest BCUT2D eigenvalue weighted by Gasteiger charge is 2.32. The number of halogens is 1. The zero-order valence-corrected chi connectivity index (χ0v) is 15.6. The van der Waals surface area contributed by atoms with Gasteiger partial charge in [-0.25, -0.2) is 9.97 Å². The third-order valence-corrected chi connectivity index (χ3v) is 5.05. The number of anilines is 2. The maximum atomic E-state index is 6.56. The molecular weight excluding hydrogens is 362 g/mol. The summed E-state index contributed by atoms with van der Waals surface area (Å²) in [6.45, 7) is 2.73. The Kier molecular flexibility index (Phi) is 4.45. The fourth-order valence-corrected chi connectivity index (χ4v) is 3.49. The van der Waals surface area contributed by atoms with E-state index in [-0.39, 0.29) is 11.2 Å². The van der Waals surface area contributed by atoms with E-state index in [1.54, 1.807) is 18.6 Å². The molecule has 7 nitrogen and oxygen atoms in total. The lowest BCUT2D eigenvalue weighted by atomic mass is 9.98. The van der Waals surface area contributed by atoms with Crippen molar-refractivity contribution in [2.75, 3.05) is 17.2 Å². The zero-order valence-electron chi connectivity index (χ0n) is 14.9. The van der Waals surface area contributed by atoms with Gasteiger partial charge in [-0.2, -0.15) is 0 Å². The van der Waals surface area contributed by atoms with Crippen LogP contribution in [0.25, 0.3) is 6.08 Å². The Morgan fingerprint density at radius 2 is 2.19 bits per heavy atom. The van der Waals surface area contributed by atoms with E-state index in [1.807, 2.05) is 31.2 Å². The topological polar surface area (TPSA) is 110 Å². The van der Waals surface area contributed by atoms with E-state index in [0.717, 1.165) is 35.6 Å². The summed E-state index contributed by atoms with van der Waals surface area (Å²) >= 11 is 6.15. The Morgan fingerprint density at radius 1 is 1.33 bits per heavy atom. The van der Waals surface area contributed by atoms with Gasteiger partial charge in [-0.3, -0.25) is 4.98 Å². The number of aryl methyl sites for hydroxylation is 1. The molecule has 5 N–H and O–H groups in total. The van der Waals surface area contributed by atoms with E-state index in [2.05, 4.69) is 24.8 Å². The molecule has 27 heavy (non-hydrogen) atoms. The third kappa shape index (κ3) is 3.21. The molecule has 0 saturated carbocycles. The van der Waals surface area contributed by atoms with Crippen molar-refractivity contribution in [3.63, 3.8) is 0 Å². The molecule has 0 saturated heterocycles. The molecule has 1 aliphatic rings. The van der Waals surface area contributed by atoms with E-state index in [9.17, 15) is 0 Å². The number of H-pyrrole nitrogens is 1. The summed E-state index contributed by atoms with van der Waals surface area (Å²) in [6.07, 6.45) is 6.16. The van der Waals surface area contributed by atoms with Gasteiger partial charge in [0.1, 0.15) is 11.9 Å². The number of rotatable bonds is 3. The minimum atomic E-state index is -0.270. The van der Waals surface area contributed by atoms with Crippen LogP contribution < -0.4 is 16.4 Å². The number of nitrogens with zero attached hydrogens (tertiary/aromatic N) is 4. The highest BCUT2D eigenvalue weighted by molar-refractivity contribution is 6.31. The Balaban J connectivity index is 1.80. The van der Waals surface area contributed by atoms with Crippen LogP contribution in [0.1, 0.15) is 28.7 Å². The summed E-state index contributed by atoms with van der Waals surface area (Å²) in [7, 11) is 0. The van der Waals surface area contributed by atoms with Crippen LogP contribution in [0.4, 0.5) is 11.5 Å². The minimum Gasteiger partial charge on any atom is -0.400 e. The van der Waals surface area contributed by atoms with Crippen LogP contribution in [0.2, 0.25) is 5.15 Å². The average Bonchev–Trinajstić information content (AvgIpc) is 3.13. The predicted octanol–water partition coefficient (Wildman–Crippen LogP) is 2.85. The Morgan fingerprint density at radius 3 is 2.96 bits per heavy atom. The number of nitrogens with one attached hydrogen (secondary N) is 1. The fraction of sp³-hybridized carbons (Fsp3) is 0.211. The molecule has 1 atom stereocenters. The van der Waals surface area contributed by atoms with Crippen LogP contribution in [-0.2, 0) is 6.42 Å². The molecule has 3 aromatic rings. The highest BCUT2D eigenvalue weighted by Crippen LogP contribution is 2.36. The molecule has 0 radical (unpaired) electrons. The van der Waals surface area contributed by atoms with Gasteiger partial charge in [-0.05, 0) is 36.8 Å². The molecule has 1 aliphatic heterocycles. The lowest BCUT2D eigenvalue weighted by molar-refractivity contribution is 0.617. The molecule has 0 spiro atoms. The lowest BCUT2D eigenvalue weighted by Crippen LogP contribution is -2.39. The van der Waals surface area contributed by atoms with E-state index >= 15 is 0 Å². The minimum absolute atomic E-state index is 0.270. The van der Waals surface area contributed by atoms with Crippen molar-refractivity contribution in [2.24, 2.45) is 5.73 Å². The molecule has 0 fully saturated rings. The fourth-order valence-electron chi connectivity index (χ4n) is 3.34. The van der Waals surface area contributed by atoms with Gasteiger partial charge in [0.05, 0.1) is 23.4 Å². The number of hydrogen-bond acceptors (Lipinski definition) is 6. The zero-order chi connectivity index (χ0) is 19.0. The number of pyridine rings is 2. The van der Waals surface area contributed by atoms with Crippen molar-refractivity contribution in [1.82, 2.24) is 19.9 Å². The monoisotopic (exact) mass is 381 g/mol. The molecule has 0 aromatic carbocycles. The number of nitrogen functional groups attached to an aromatic ring is 1. The molecule has 0 unspecified atom stereocenters. The van der Waals surface area contributed by atoms with Gasteiger partial charge in [0.15, 0.2) is 5.15 Å². The first-order chi connectivity index (χ1) is 13.0. The van der Waals surface area contributed by atoms with Gasteiger partial charge >= 0.3 is 0 Å². The van der Waals surface area contributed by atoms with Crippen molar-refractivity contribution in [3.8, 4) is 0 Å². The molecule has 8 heteroatoms. The van der Waals surface area contributed by atoms with Crippen LogP contribution in [0.5, 0.6) is 0 Å². The van der Waals surface area contributed by atoms with Crippen LogP contribution >= 0.6 is 11.6 Å². The quantitative estimate of drug-likeness (QED) is 0.602. The van der Waals surface area contributed by atoms with Crippen molar-refractivity contribution in [2.45, 2.75) is 19.4 Å². The molecule has 3 aromatic heterocycles. The number of aromatic amines is 1. The number of fused-ring (bicyclic) bond motifs is 1. The van der Waals surface area contributed by atoms with E-state index < -0.39 is 0 Å². The first kappa shape index (κ1) is 17.4. The van der Waals surface area contributed by atoms with Crippen LogP contribution in [0.15, 0.2) is 42.5 Å². The summed E-state index contributed by atoms with van der Waals surface area (Å²) < 4.78 is 0. The molecule has 4 heterocycles. The Hall–Kier alpha value is -3.06. The van der Waals surface area contributed by atoms with Crippen molar-refractivity contribution < 1.29 is 0 Å². The molecule has 0 bridgehead atoms. The van der Waals surface area contributed by atoms with E-state index in [1.165, 1.54) is 0 Å². The van der Waals surface area contributed by atoms with Crippen molar-refractivity contribution in [3.05, 3.63) is 70.3 Å². The Bertz CT molecular complexity index is 1010.